The predicted molar refractivity (Wildman–Crippen MR) is 198 cm³/mol. The number of carbonyl (C=O) groups is 2. The van der Waals surface area contributed by atoms with Crippen LogP contribution in [0.5, 0.6) is 0 Å². The van der Waals surface area contributed by atoms with E-state index in [0.29, 0.717) is 54.8 Å². The second-order valence-corrected chi connectivity index (χ2v) is 21.8. The lowest BCUT2D eigenvalue weighted by Crippen LogP contribution is -2.55. The Morgan fingerprint density at radius 3 is 2.39 bits per heavy atom. The highest BCUT2D eigenvalue weighted by Gasteiger charge is 2.50. The van der Waals surface area contributed by atoms with Gasteiger partial charge in [0, 0.05) is 49.2 Å². The van der Waals surface area contributed by atoms with E-state index in [2.05, 4.69) is 46.4 Å². The number of nitrogens with one attached hydrogen (secondary N) is 4. The zero-order chi connectivity index (χ0) is 34.7. The second-order valence-electron chi connectivity index (χ2n) is 17.0. The predicted octanol–water partition coefficient (Wildman–Crippen LogP) is 5.06. The summed E-state index contributed by atoms with van der Waals surface area (Å²) >= 11 is 6.54. The van der Waals surface area contributed by atoms with E-state index in [-0.39, 0.29) is 47.6 Å². The third-order valence-corrected chi connectivity index (χ3v) is 16.4. The molecule has 1 saturated heterocycles. The van der Waals surface area contributed by atoms with Crippen molar-refractivity contribution < 1.29 is 19.1 Å². The average Bonchev–Trinajstić information content (AvgIpc) is 3.42. The molecule has 9 unspecified atom stereocenters. The summed E-state index contributed by atoms with van der Waals surface area (Å²) in [6.45, 7) is 7.24. The molecule has 4 aliphatic carbocycles. The van der Waals surface area contributed by atoms with Crippen molar-refractivity contribution in [2.24, 2.45) is 34.6 Å². The minimum atomic E-state index is -2.12. The number of alkyl halides is 1. The van der Waals surface area contributed by atoms with Gasteiger partial charge in [-0.05, 0) is 108 Å². The Morgan fingerprint density at radius 2 is 1.65 bits per heavy atom. The van der Waals surface area contributed by atoms with Crippen LogP contribution < -0.4 is 21.5 Å². The third-order valence-electron chi connectivity index (χ3n) is 13.4. The first-order valence-electron chi connectivity index (χ1n) is 19.8. The Labute approximate surface area is 301 Å². The summed E-state index contributed by atoms with van der Waals surface area (Å²) in [7, 11) is -0.293. The summed E-state index contributed by atoms with van der Waals surface area (Å²) in [6.07, 6.45) is 16.8. The smallest absolute Gasteiger partial charge is 0.223 e. The van der Waals surface area contributed by atoms with Crippen molar-refractivity contribution in [3.63, 3.8) is 0 Å². The Morgan fingerprint density at radius 1 is 0.939 bits per heavy atom. The van der Waals surface area contributed by atoms with Crippen LogP contribution in [0.4, 0.5) is 0 Å². The SMILES string of the molecule is COC1CCC2C(C1)C(C1CCC(Cl)CC1)=N[C@@H](CC(=O)NCCNC(=O)C1CCCC(C3CCCC([Si](C)(C)O)C3)C1)C1NNC(C)N21. The van der Waals surface area contributed by atoms with Crippen molar-refractivity contribution in [1.82, 2.24) is 26.4 Å². The Kier molecular flexibility index (Phi) is 12.9. The fourth-order valence-electron chi connectivity index (χ4n) is 10.6. The van der Waals surface area contributed by atoms with Crippen molar-refractivity contribution in [3.05, 3.63) is 0 Å². The molecular weight excluding hydrogens is 656 g/mol. The Balaban J connectivity index is 1.03. The molecule has 2 heterocycles. The van der Waals surface area contributed by atoms with Gasteiger partial charge in [-0.25, -0.2) is 10.9 Å². The minimum Gasteiger partial charge on any atom is -0.432 e. The molecule has 0 aromatic carbocycles. The summed E-state index contributed by atoms with van der Waals surface area (Å²) < 4.78 is 5.89. The lowest BCUT2D eigenvalue weighted by Gasteiger charge is -2.44. The highest BCUT2D eigenvalue weighted by molar-refractivity contribution is 6.71. The maximum absolute atomic E-state index is 13.5. The van der Waals surface area contributed by atoms with Crippen LogP contribution in [0.25, 0.3) is 0 Å². The van der Waals surface area contributed by atoms with E-state index in [9.17, 15) is 14.4 Å². The molecule has 10 nitrogen and oxygen atoms in total. The van der Waals surface area contributed by atoms with Gasteiger partial charge in [-0.1, -0.05) is 32.1 Å². The van der Waals surface area contributed by atoms with Gasteiger partial charge in [-0.15, -0.1) is 11.6 Å². The summed E-state index contributed by atoms with van der Waals surface area (Å²) in [5, 5.41) is 6.51. The first-order valence-corrected chi connectivity index (χ1v) is 23.3. The fraction of sp³-hybridized carbons (Fsp3) is 0.919. The van der Waals surface area contributed by atoms with Crippen molar-refractivity contribution in [2.45, 2.75) is 164 Å². The van der Waals surface area contributed by atoms with E-state index in [1.165, 1.54) is 31.4 Å². The minimum absolute atomic E-state index is 0.0206. The summed E-state index contributed by atoms with van der Waals surface area (Å²) in [6, 6.07) is 0.145. The van der Waals surface area contributed by atoms with E-state index in [1.807, 2.05) is 7.11 Å². The quantitative estimate of drug-likeness (QED) is 0.121. The Bertz CT molecular complexity index is 1160. The molecule has 278 valence electrons. The zero-order valence-corrected chi connectivity index (χ0v) is 32.4. The van der Waals surface area contributed by atoms with Crippen molar-refractivity contribution in [1.29, 1.82) is 0 Å². The monoisotopic (exact) mass is 720 g/mol. The molecule has 0 aromatic heterocycles. The number of halogens is 1. The van der Waals surface area contributed by atoms with E-state index >= 15 is 0 Å². The molecule has 4 saturated carbocycles. The van der Waals surface area contributed by atoms with Crippen LogP contribution in [-0.4, -0.2) is 91.6 Å². The van der Waals surface area contributed by atoms with Crippen molar-refractivity contribution in [3.8, 4) is 0 Å². The van der Waals surface area contributed by atoms with Gasteiger partial charge in [0.1, 0.15) is 0 Å². The number of nitrogens with zero attached hydrogens (tertiary/aromatic N) is 2. The van der Waals surface area contributed by atoms with Crippen LogP contribution in [0.3, 0.4) is 0 Å². The van der Waals surface area contributed by atoms with Crippen LogP contribution in [0.2, 0.25) is 18.6 Å². The number of amides is 2. The van der Waals surface area contributed by atoms with Crippen molar-refractivity contribution >= 4 is 37.4 Å². The number of carbonyl (C=O) groups excluding carboxylic acids is 2. The zero-order valence-electron chi connectivity index (χ0n) is 30.6. The van der Waals surface area contributed by atoms with Gasteiger partial charge in [-0.3, -0.25) is 19.5 Å². The normalized spacial score (nSPS) is 40.4. The molecule has 5 N–H and O–H groups in total. The summed E-state index contributed by atoms with van der Waals surface area (Å²) in [5.41, 5.74) is 8.75. The third kappa shape index (κ3) is 9.11. The standard InChI is InChI=1S/C37H65ClN6O4Si/c1-23-42-43-36-32(41-35(24-11-13-28(38)14-12-24)31-21-29(48-2)15-16-33(31)44(23)36)22-34(45)39-17-18-40-37(46)27-9-5-7-25(19-27)26-8-6-10-30(20-26)49(3,4)47/h23-33,36,42-43,47H,5-22H2,1-4H3,(H,39,45)(H,40,46)/t23?,24?,25?,26?,27?,28?,29?,30?,31?,32-,33?,36?/m0/s1. The van der Waals surface area contributed by atoms with Gasteiger partial charge in [0.2, 0.25) is 11.8 Å². The average molecular weight is 722 g/mol. The lowest BCUT2D eigenvalue weighted by atomic mass is 9.70. The molecule has 5 fully saturated rings. The highest BCUT2D eigenvalue weighted by atomic mass is 35.5. The van der Waals surface area contributed by atoms with Gasteiger partial charge in [0.25, 0.3) is 0 Å². The fourth-order valence-corrected chi connectivity index (χ4v) is 12.7. The number of methoxy groups -OCH3 is 1. The van der Waals surface area contributed by atoms with Crippen LogP contribution in [-0.2, 0) is 14.3 Å². The van der Waals surface area contributed by atoms with Crippen LogP contribution in [0.15, 0.2) is 4.99 Å². The van der Waals surface area contributed by atoms with Crippen molar-refractivity contribution in [2.75, 3.05) is 20.2 Å². The molecule has 6 rings (SSSR count). The van der Waals surface area contributed by atoms with Gasteiger partial charge < -0.3 is 20.2 Å². The van der Waals surface area contributed by atoms with Gasteiger partial charge >= 0.3 is 0 Å². The van der Waals surface area contributed by atoms with E-state index in [4.69, 9.17) is 21.3 Å². The Hall–Kier alpha value is -1.08. The topological polar surface area (TPSA) is 127 Å². The molecular formula is C37H65ClN6O4Si. The van der Waals surface area contributed by atoms with Crippen LogP contribution in [0.1, 0.15) is 110 Å². The van der Waals surface area contributed by atoms with E-state index < -0.39 is 8.32 Å². The van der Waals surface area contributed by atoms with Gasteiger partial charge in [0.15, 0.2) is 8.32 Å². The second kappa shape index (κ2) is 16.7. The summed E-state index contributed by atoms with van der Waals surface area (Å²) in [5.74, 6) is 2.12. The first-order chi connectivity index (χ1) is 23.5. The molecule has 6 aliphatic rings. The number of fused-ring (bicyclic) bond motifs is 3. The first kappa shape index (κ1) is 37.7. The van der Waals surface area contributed by atoms with E-state index in [0.717, 1.165) is 70.6 Å². The molecule has 0 bridgehead atoms. The van der Waals surface area contributed by atoms with Gasteiger partial charge in [0.05, 0.1) is 30.9 Å². The molecule has 2 amide bonds. The van der Waals surface area contributed by atoms with Gasteiger partial charge in [-0.2, -0.15) is 0 Å². The van der Waals surface area contributed by atoms with Crippen LogP contribution >= 0.6 is 11.6 Å². The number of aliphatic imine (C=N–C) groups is 1. The lowest BCUT2D eigenvalue weighted by molar-refractivity contribution is -0.127. The maximum atomic E-state index is 13.5. The van der Waals surface area contributed by atoms with Crippen LogP contribution in [0, 0.1) is 29.6 Å². The molecule has 49 heavy (non-hydrogen) atoms. The molecule has 10 atom stereocenters. The summed E-state index contributed by atoms with van der Waals surface area (Å²) in [4.78, 5) is 45.6. The number of rotatable bonds is 10. The maximum Gasteiger partial charge on any atom is 0.223 e. The molecule has 2 aliphatic heterocycles. The van der Waals surface area contributed by atoms with E-state index in [1.54, 1.807) is 0 Å². The molecule has 12 heteroatoms. The largest absolute Gasteiger partial charge is 0.432 e. The molecule has 0 aromatic rings. The molecule has 0 spiro atoms. The number of ether oxygens (including phenoxy) is 1. The number of hydrogen-bond donors (Lipinski definition) is 5. The highest BCUT2D eigenvalue weighted by Crippen LogP contribution is 2.46. The number of hydrogen-bond acceptors (Lipinski definition) is 8. The molecule has 0 radical (unpaired) electrons. The number of hydrazine groups is 1.